The third-order valence-electron chi connectivity index (χ3n) is 5.77. The average molecular weight is 429 g/mol. The SMILES string of the molecule is O=C(NCC(=O)N1CCCC(c2nc3ccccc3[nH]2)C1)c1cc(-c2ccccc2)on1. The second-order valence-corrected chi connectivity index (χ2v) is 7.94. The summed E-state index contributed by atoms with van der Waals surface area (Å²) in [7, 11) is 0. The van der Waals surface area contributed by atoms with E-state index in [2.05, 4.69) is 20.4 Å². The molecule has 2 aromatic carbocycles. The first-order valence-electron chi connectivity index (χ1n) is 10.7. The lowest BCUT2D eigenvalue weighted by Crippen LogP contribution is -2.44. The van der Waals surface area contributed by atoms with E-state index in [-0.39, 0.29) is 24.1 Å². The standard InChI is InChI=1S/C24H23N5O3/c30-22(14-25-24(31)20-13-21(32-28-20)16-7-2-1-3-8-16)29-12-6-9-17(15-29)23-26-18-10-4-5-11-19(18)27-23/h1-5,7-8,10-11,13,17H,6,9,12,14-15H2,(H,25,31)(H,26,27). The number of amides is 2. The van der Waals surface area contributed by atoms with Crippen LogP contribution in [0.25, 0.3) is 22.4 Å². The first kappa shape index (κ1) is 20.0. The van der Waals surface area contributed by atoms with Gasteiger partial charge in [-0.3, -0.25) is 9.59 Å². The maximum absolute atomic E-state index is 12.7. The number of benzene rings is 2. The van der Waals surface area contributed by atoms with Crippen molar-refractivity contribution in [1.82, 2.24) is 25.3 Å². The number of aromatic amines is 1. The van der Waals surface area contributed by atoms with Crippen molar-refractivity contribution in [2.24, 2.45) is 0 Å². The van der Waals surface area contributed by atoms with Crippen LogP contribution in [0.15, 0.2) is 65.2 Å². The average Bonchev–Trinajstić information content (AvgIpc) is 3.51. The van der Waals surface area contributed by atoms with E-state index in [4.69, 9.17) is 4.52 Å². The monoisotopic (exact) mass is 429 g/mol. The van der Waals surface area contributed by atoms with Crippen LogP contribution in [0.5, 0.6) is 0 Å². The number of hydrogen-bond acceptors (Lipinski definition) is 5. The fourth-order valence-corrected chi connectivity index (χ4v) is 4.07. The predicted octanol–water partition coefficient (Wildman–Crippen LogP) is 3.35. The Morgan fingerprint density at radius 3 is 2.78 bits per heavy atom. The first-order valence-corrected chi connectivity index (χ1v) is 10.7. The van der Waals surface area contributed by atoms with Gasteiger partial charge in [-0.1, -0.05) is 47.6 Å². The highest BCUT2D eigenvalue weighted by Crippen LogP contribution is 2.26. The second kappa shape index (κ2) is 8.66. The van der Waals surface area contributed by atoms with Crippen molar-refractivity contribution >= 4 is 22.8 Å². The Balaban J connectivity index is 1.18. The van der Waals surface area contributed by atoms with Crippen molar-refractivity contribution in [3.63, 3.8) is 0 Å². The van der Waals surface area contributed by atoms with Crippen LogP contribution in [-0.4, -0.2) is 51.5 Å². The number of nitrogens with one attached hydrogen (secondary N) is 2. The fraction of sp³-hybridized carbons (Fsp3) is 0.250. The molecule has 1 saturated heterocycles. The van der Waals surface area contributed by atoms with Gasteiger partial charge in [-0.25, -0.2) is 4.98 Å². The van der Waals surface area contributed by atoms with E-state index in [1.807, 2.05) is 54.6 Å². The minimum absolute atomic E-state index is 0.0841. The van der Waals surface area contributed by atoms with Crippen molar-refractivity contribution in [1.29, 1.82) is 0 Å². The van der Waals surface area contributed by atoms with Gasteiger partial charge in [-0.05, 0) is 25.0 Å². The first-order chi connectivity index (χ1) is 15.7. The molecule has 2 aromatic heterocycles. The molecular formula is C24H23N5O3. The van der Waals surface area contributed by atoms with Crippen LogP contribution < -0.4 is 5.32 Å². The summed E-state index contributed by atoms with van der Waals surface area (Å²) in [5, 5.41) is 6.49. The number of imidazole rings is 1. The van der Waals surface area contributed by atoms with Gasteiger partial charge >= 0.3 is 0 Å². The number of piperidine rings is 1. The number of rotatable bonds is 5. The van der Waals surface area contributed by atoms with Gasteiger partial charge in [0, 0.05) is 30.6 Å². The molecule has 0 radical (unpaired) electrons. The van der Waals surface area contributed by atoms with Crippen LogP contribution in [0.2, 0.25) is 0 Å². The third kappa shape index (κ3) is 4.12. The van der Waals surface area contributed by atoms with Crippen molar-refractivity contribution < 1.29 is 14.1 Å². The molecule has 2 N–H and O–H groups in total. The van der Waals surface area contributed by atoms with Gasteiger partial charge < -0.3 is 19.7 Å². The van der Waals surface area contributed by atoms with E-state index in [0.29, 0.717) is 18.8 Å². The number of likely N-dealkylation sites (tertiary alicyclic amines) is 1. The highest BCUT2D eigenvalue weighted by molar-refractivity contribution is 5.95. The van der Waals surface area contributed by atoms with Crippen LogP contribution in [0, 0.1) is 0 Å². The van der Waals surface area contributed by atoms with E-state index in [1.54, 1.807) is 11.0 Å². The molecule has 162 valence electrons. The van der Waals surface area contributed by atoms with Gasteiger partial charge in [-0.2, -0.15) is 0 Å². The second-order valence-electron chi connectivity index (χ2n) is 7.94. The number of fused-ring (bicyclic) bond motifs is 1. The number of carbonyl (C=O) groups is 2. The van der Waals surface area contributed by atoms with Gasteiger partial charge in [-0.15, -0.1) is 0 Å². The summed E-state index contributed by atoms with van der Waals surface area (Å²) in [5.41, 5.74) is 2.91. The number of carbonyl (C=O) groups excluding carboxylic acids is 2. The molecule has 2 amide bonds. The van der Waals surface area contributed by atoms with E-state index < -0.39 is 5.91 Å². The lowest BCUT2D eigenvalue weighted by molar-refractivity contribution is -0.131. The van der Waals surface area contributed by atoms with Crippen molar-refractivity contribution in [2.45, 2.75) is 18.8 Å². The number of hydrogen-bond donors (Lipinski definition) is 2. The van der Waals surface area contributed by atoms with Crippen LogP contribution in [0.4, 0.5) is 0 Å². The highest BCUT2D eigenvalue weighted by Gasteiger charge is 2.27. The van der Waals surface area contributed by atoms with Crippen LogP contribution in [-0.2, 0) is 4.79 Å². The van der Waals surface area contributed by atoms with E-state index in [9.17, 15) is 9.59 Å². The summed E-state index contributed by atoms with van der Waals surface area (Å²) < 4.78 is 5.27. The Morgan fingerprint density at radius 2 is 1.94 bits per heavy atom. The lowest BCUT2D eigenvalue weighted by atomic mass is 9.97. The molecule has 8 heteroatoms. The van der Waals surface area contributed by atoms with E-state index >= 15 is 0 Å². The Kier molecular flexibility index (Phi) is 5.41. The quantitative estimate of drug-likeness (QED) is 0.506. The van der Waals surface area contributed by atoms with E-state index in [0.717, 1.165) is 35.3 Å². The summed E-state index contributed by atoms with van der Waals surface area (Å²) in [4.78, 5) is 35.0. The zero-order chi connectivity index (χ0) is 21.9. The normalized spacial score (nSPS) is 16.2. The molecule has 0 bridgehead atoms. The van der Waals surface area contributed by atoms with Gasteiger partial charge in [0.25, 0.3) is 5.91 Å². The maximum atomic E-state index is 12.7. The number of aromatic nitrogens is 3. The Bertz CT molecular complexity index is 1210. The number of nitrogens with zero attached hydrogens (tertiary/aromatic N) is 3. The molecule has 1 unspecified atom stereocenters. The largest absolute Gasteiger partial charge is 0.355 e. The topological polar surface area (TPSA) is 104 Å². The molecule has 1 fully saturated rings. The number of para-hydroxylation sites is 2. The molecule has 32 heavy (non-hydrogen) atoms. The molecule has 0 aliphatic carbocycles. The molecule has 0 spiro atoms. The summed E-state index contributed by atoms with van der Waals surface area (Å²) in [6.07, 6.45) is 1.86. The molecule has 3 heterocycles. The summed E-state index contributed by atoms with van der Waals surface area (Å²) >= 11 is 0. The fourth-order valence-electron chi connectivity index (χ4n) is 4.07. The van der Waals surface area contributed by atoms with Gasteiger partial charge in [0.15, 0.2) is 11.5 Å². The van der Waals surface area contributed by atoms with Crippen molar-refractivity contribution in [3.8, 4) is 11.3 Å². The minimum Gasteiger partial charge on any atom is -0.355 e. The predicted molar refractivity (Wildman–Crippen MR) is 119 cm³/mol. The van der Waals surface area contributed by atoms with E-state index in [1.165, 1.54) is 0 Å². The Hall–Kier alpha value is -3.94. The highest BCUT2D eigenvalue weighted by atomic mass is 16.5. The van der Waals surface area contributed by atoms with Crippen LogP contribution in [0.3, 0.4) is 0 Å². The molecule has 8 nitrogen and oxygen atoms in total. The molecule has 1 aliphatic rings. The molecule has 5 rings (SSSR count). The zero-order valence-electron chi connectivity index (χ0n) is 17.5. The summed E-state index contributed by atoms with van der Waals surface area (Å²) in [6.45, 7) is 1.17. The molecule has 4 aromatic rings. The summed E-state index contributed by atoms with van der Waals surface area (Å²) in [5.74, 6) is 1.01. The third-order valence-corrected chi connectivity index (χ3v) is 5.77. The molecule has 0 saturated carbocycles. The minimum atomic E-state index is -0.435. The Labute approximate surface area is 184 Å². The van der Waals surface area contributed by atoms with Gasteiger partial charge in [0.1, 0.15) is 5.82 Å². The van der Waals surface area contributed by atoms with Crippen molar-refractivity contribution in [2.75, 3.05) is 19.6 Å². The van der Waals surface area contributed by atoms with Crippen LogP contribution in [0.1, 0.15) is 35.1 Å². The zero-order valence-corrected chi connectivity index (χ0v) is 17.5. The number of H-pyrrole nitrogens is 1. The molecule has 1 aliphatic heterocycles. The summed E-state index contributed by atoms with van der Waals surface area (Å²) in [6, 6.07) is 18.9. The van der Waals surface area contributed by atoms with Crippen molar-refractivity contribution in [3.05, 3.63) is 72.2 Å². The van der Waals surface area contributed by atoms with Crippen LogP contribution >= 0.6 is 0 Å². The molecular weight excluding hydrogens is 406 g/mol. The Morgan fingerprint density at radius 1 is 1.12 bits per heavy atom. The maximum Gasteiger partial charge on any atom is 0.273 e. The smallest absolute Gasteiger partial charge is 0.273 e. The lowest BCUT2D eigenvalue weighted by Gasteiger charge is -2.31. The van der Waals surface area contributed by atoms with Gasteiger partial charge in [0.2, 0.25) is 5.91 Å². The molecule has 1 atom stereocenters. The van der Waals surface area contributed by atoms with Gasteiger partial charge in [0.05, 0.1) is 17.6 Å².